The first-order valence-electron chi connectivity index (χ1n) is 9.12. The number of carbonyl (C=O) groups excluding carboxylic acids is 2. The van der Waals surface area contributed by atoms with Crippen LogP contribution in [0.5, 0.6) is 0 Å². The first-order valence-corrected chi connectivity index (χ1v) is 11.0. The maximum atomic E-state index is 13.6. The number of nitro benzene ring substituents is 1. The number of anilines is 2. The van der Waals surface area contributed by atoms with Crippen molar-refractivity contribution >= 4 is 38.7 Å². The predicted molar refractivity (Wildman–Crippen MR) is 112 cm³/mol. The van der Waals surface area contributed by atoms with E-state index in [0.29, 0.717) is 6.07 Å². The molecule has 3 rings (SSSR count). The van der Waals surface area contributed by atoms with Gasteiger partial charge in [-0.05, 0) is 36.4 Å². The van der Waals surface area contributed by atoms with Gasteiger partial charge in [0.15, 0.2) is 15.6 Å². The van der Waals surface area contributed by atoms with Gasteiger partial charge in [-0.3, -0.25) is 19.7 Å². The highest BCUT2D eigenvalue weighted by molar-refractivity contribution is 7.90. The van der Waals surface area contributed by atoms with E-state index in [2.05, 4.69) is 5.32 Å². The minimum atomic E-state index is -4.96. The van der Waals surface area contributed by atoms with Crippen LogP contribution in [0.3, 0.4) is 0 Å². The summed E-state index contributed by atoms with van der Waals surface area (Å²) in [5.74, 6) is -2.16. The molecule has 0 aliphatic heterocycles. The maximum Gasteiger partial charge on any atom is 0.418 e. The smallest absolute Gasteiger partial charge is 0.418 e. The lowest BCUT2D eigenvalue weighted by Crippen LogP contribution is -2.18. The number of hydrogen-bond donors (Lipinski definition) is 2. The zero-order valence-corrected chi connectivity index (χ0v) is 17.9. The molecule has 1 aromatic heterocycles. The van der Waals surface area contributed by atoms with Gasteiger partial charge in [0.1, 0.15) is 0 Å². The lowest BCUT2D eigenvalue weighted by atomic mass is 10.1. The molecular formula is C20H14F3N3O7S. The zero-order valence-electron chi connectivity index (χ0n) is 17.0. The third kappa shape index (κ3) is 5.58. The Morgan fingerprint density at radius 1 is 1.03 bits per heavy atom. The molecule has 10 nitrogen and oxygen atoms in total. The number of carbonyl (C=O) groups is 2. The van der Waals surface area contributed by atoms with Gasteiger partial charge in [0.25, 0.3) is 17.5 Å². The Balaban J connectivity index is 1.96. The fraction of sp³-hybridized carbons (Fsp3) is 0.100. The van der Waals surface area contributed by atoms with Crippen molar-refractivity contribution in [1.29, 1.82) is 0 Å². The molecule has 0 saturated carbocycles. The van der Waals surface area contributed by atoms with Crippen molar-refractivity contribution in [3.8, 4) is 0 Å². The second-order valence-corrected chi connectivity index (χ2v) is 8.90. The number of rotatable bonds is 6. The lowest BCUT2D eigenvalue weighted by Gasteiger charge is -2.16. The van der Waals surface area contributed by atoms with E-state index in [1.165, 1.54) is 18.4 Å². The van der Waals surface area contributed by atoms with Gasteiger partial charge in [-0.25, -0.2) is 8.42 Å². The van der Waals surface area contributed by atoms with Crippen LogP contribution < -0.4 is 10.6 Å². The Morgan fingerprint density at radius 2 is 1.74 bits per heavy atom. The minimum Gasteiger partial charge on any atom is -0.459 e. The average Bonchev–Trinajstić information content (AvgIpc) is 3.28. The highest BCUT2D eigenvalue weighted by Crippen LogP contribution is 2.37. The van der Waals surface area contributed by atoms with Crippen LogP contribution in [0.15, 0.2) is 64.1 Å². The number of sulfone groups is 1. The number of furan rings is 1. The summed E-state index contributed by atoms with van der Waals surface area (Å²) in [5, 5.41) is 15.3. The molecule has 0 unspecified atom stereocenters. The summed E-state index contributed by atoms with van der Waals surface area (Å²) >= 11 is 0. The number of amides is 2. The first-order chi connectivity index (χ1) is 15.8. The number of halogens is 3. The topological polar surface area (TPSA) is 149 Å². The summed E-state index contributed by atoms with van der Waals surface area (Å²) in [6, 6.07) is 7.51. The van der Waals surface area contributed by atoms with E-state index in [1.807, 2.05) is 5.32 Å². The Hall–Kier alpha value is -4.20. The number of benzene rings is 2. The summed E-state index contributed by atoms with van der Waals surface area (Å²) in [6.45, 7) is 0. The normalized spacial score (nSPS) is 11.6. The van der Waals surface area contributed by atoms with Crippen molar-refractivity contribution in [3.63, 3.8) is 0 Å². The van der Waals surface area contributed by atoms with Crippen LogP contribution >= 0.6 is 0 Å². The fourth-order valence-electron chi connectivity index (χ4n) is 2.79. The molecule has 2 amide bonds. The number of alkyl halides is 3. The molecule has 178 valence electrons. The van der Waals surface area contributed by atoms with Crippen molar-refractivity contribution in [1.82, 2.24) is 0 Å². The van der Waals surface area contributed by atoms with Gasteiger partial charge in [0, 0.05) is 29.6 Å². The zero-order chi connectivity index (χ0) is 25.3. The lowest BCUT2D eigenvalue weighted by molar-refractivity contribution is -0.385. The molecule has 1 heterocycles. The van der Waals surface area contributed by atoms with Crippen LogP contribution in [-0.4, -0.2) is 31.4 Å². The molecule has 0 bridgehead atoms. The van der Waals surface area contributed by atoms with Gasteiger partial charge in [-0.2, -0.15) is 13.2 Å². The van der Waals surface area contributed by atoms with E-state index in [0.717, 1.165) is 36.6 Å². The third-order valence-electron chi connectivity index (χ3n) is 4.37. The van der Waals surface area contributed by atoms with Crippen LogP contribution in [0.4, 0.5) is 30.2 Å². The van der Waals surface area contributed by atoms with Crippen LogP contribution in [0.25, 0.3) is 0 Å². The molecule has 0 spiro atoms. The summed E-state index contributed by atoms with van der Waals surface area (Å²) in [7, 11) is -3.97. The Bertz CT molecular complexity index is 1380. The Kier molecular flexibility index (Phi) is 6.45. The van der Waals surface area contributed by atoms with Crippen LogP contribution in [0, 0.1) is 10.1 Å². The number of nitrogens with one attached hydrogen (secondary N) is 2. The second kappa shape index (κ2) is 8.97. The quantitative estimate of drug-likeness (QED) is 0.384. The van der Waals surface area contributed by atoms with E-state index >= 15 is 0 Å². The minimum absolute atomic E-state index is 0.140. The third-order valence-corrected chi connectivity index (χ3v) is 5.46. The van der Waals surface area contributed by atoms with Crippen molar-refractivity contribution in [2.24, 2.45) is 0 Å². The first kappa shape index (κ1) is 24.4. The standard InChI is InChI=1S/C20H14F3N3O7S/c1-34(31,32)14-8-11(7-13(10-14)26(29)30)18(27)25-16-5-4-12(9-15(16)20(21,22)23)24-19(28)17-3-2-6-33-17/h2-10H,1H3,(H,24,28)(H,25,27). The maximum absolute atomic E-state index is 13.6. The second-order valence-electron chi connectivity index (χ2n) is 6.89. The van der Waals surface area contributed by atoms with Gasteiger partial charge in [-0.15, -0.1) is 0 Å². The van der Waals surface area contributed by atoms with Gasteiger partial charge in [-0.1, -0.05) is 0 Å². The van der Waals surface area contributed by atoms with Gasteiger partial charge in [0.2, 0.25) is 0 Å². The van der Waals surface area contributed by atoms with Crippen LogP contribution in [0.2, 0.25) is 0 Å². The SMILES string of the molecule is CS(=O)(=O)c1cc(C(=O)Nc2ccc(NC(=O)c3ccco3)cc2C(F)(F)F)cc([N+](=O)[O-])c1. The van der Waals surface area contributed by atoms with Crippen molar-refractivity contribution in [2.45, 2.75) is 11.1 Å². The van der Waals surface area contributed by atoms with Gasteiger partial charge >= 0.3 is 6.18 Å². The van der Waals surface area contributed by atoms with Crippen molar-refractivity contribution < 1.29 is 40.5 Å². The summed E-state index contributed by atoms with van der Waals surface area (Å²) in [4.78, 5) is 34.2. The molecule has 2 aromatic carbocycles. The number of nitro groups is 1. The van der Waals surface area contributed by atoms with Crippen LogP contribution in [0.1, 0.15) is 26.5 Å². The predicted octanol–water partition coefficient (Wildman–Crippen LogP) is 4.11. The van der Waals surface area contributed by atoms with E-state index in [4.69, 9.17) is 4.42 Å². The molecule has 0 aliphatic rings. The van der Waals surface area contributed by atoms with E-state index in [1.54, 1.807) is 0 Å². The van der Waals surface area contributed by atoms with E-state index in [-0.39, 0.29) is 11.4 Å². The summed E-state index contributed by atoms with van der Waals surface area (Å²) in [6.07, 6.45) is -3.00. The highest BCUT2D eigenvalue weighted by atomic mass is 32.2. The molecule has 0 saturated heterocycles. The summed E-state index contributed by atoms with van der Waals surface area (Å²) in [5.41, 5.74) is -3.58. The Labute approximate surface area is 189 Å². The molecule has 0 aliphatic carbocycles. The van der Waals surface area contributed by atoms with E-state index < -0.39 is 60.1 Å². The molecule has 14 heteroatoms. The fourth-order valence-corrected chi connectivity index (χ4v) is 3.47. The number of hydrogen-bond acceptors (Lipinski definition) is 7. The molecule has 2 N–H and O–H groups in total. The average molecular weight is 497 g/mol. The largest absolute Gasteiger partial charge is 0.459 e. The molecule has 34 heavy (non-hydrogen) atoms. The molecule has 0 atom stereocenters. The molecule has 3 aromatic rings. The van der Waals surface area contributed by atoms with Crippen LogP contribution in [-0.2, 0) is 16.0 Å². The van der Waals surface area contributed by atoms with Crippen molar-refractivity contribution in [3.05, 3.63) is 81.8 Å². The molecule has 0 fully saturated rings. The summed E-state index contributed by atoms with van der Waals surface area (Å²) < 4.78 is 69.3. The number of nitrogens with zero attached hydrogens (tertiary/aromatic N) is 1. The van der Waals surface area contributed by atoms with Crippen molar-refractivity contribution in [2.75, 3.05) is 16.9 Å². The molecule has 0 radical (unpaired) electrons. The van der Waals surface area contributed by atoms with Gasteiger partial charge < -0.3 is 15.1 Å². The Morgan fingerprint density at radius 3 is 2.29 bits per heavy atom. The monoisotopic (exact) mass is 497 g/mol. The number of non-ortho nitro benzene ring substituents is 1. The molecular weight excluding hydrogens is 483 g/mol. The highest BCUT2D eigenvalue weighted by Gasteiger charge is 2.35. The van der Waals surface area contributed by atoms with Gasteiger partial charge in [0.05, 0.1) is 27.3 Å². The van der Waals surface area contributed by atoms with E-state index in [9.17, 15) is 41.3 Å².